The third kappa shape index (κ3) is 5.48. The van der Waals surface area contributed by atoms with E-state index in [4.69, 9.17) is 9.47 Å². The zero-order chi connectivity index (χ0) is 18.9. The van der Waals surface area contributed by atoms with E-state index >= 15 is 0 Å². The van der Waals surface area contributed by atoms with Gasteiger partial charge in [0.15, 0.2) is 23.9 Å². The van der Waals surface area contributed by atoms with Crippen molar-refractivity contribution in [3.05, 3.63) is 65.2 Å². The van der Waals surface area contributed by atoms with Crippen LogP contribution in [0.5, 0.6) is 11.5 Å². The van der Waals surface area contributed by atoms with Crippen LogP contribution in [0.1, 0.15) is 34.8 Å². The van der Waals surface area contributed by atoms with Gasteiger partial charge in [-0.2, -0.15) is 0 Å². The Morgan fingerprint density at radius 2 is 1.85 bits per heavy atom. The van der Waals surface area contributed by atoms with Crippen LogP contribution < -0.4 is 4.74 Å². The lowest BCUT2D eigenvalue weighted by molar-refractivity contribution is -0.136. The SMILES string of the molecule is CCCc1ccc(C(=O)COC(=O)/C=C/c2ccc(O)c(OC)c2)cc1. The van der Waals surface area contributed by atoms with Gasteiger partial charge >= 0.3 is 5.97 Å². The maximum absolute atomic E-state index is 12.1. The number of aromatic hydroxyl groups is 1. The number of hydrogen-bond acceptors (Lipinski definition) is 5. The van der Waals surface area contributed by atoms with Gasteiger partial charge in [-0.25, -0.2) is 4.79 Å². The predicted octanol–water partition coefficient (Wildman–Crippen LogP) is 3.79. The highest BCUT2D eigenvalue weighted by atomic mass is 16.5. The summed E-state index contributed by atoms with van der Waals surface area (Å²) in [6.45, 7) is 1.79. The molecule has 0 heterocycles. The van der Waals surface area contributed by atoms with E-state index in [0.717, 1.165) is 12.8 Å². The van der Waals surface area contributed by atoms with Crippen molar-refractivity contribution in [2.45, 2.75) is 19.8 Å². The molecule has 0 atom stereocenters. The predicted molar refractivity (Wildman–Crippen MR) is 99.4 cm³/mol. The summed E-state index contributed by atoms with van der Waals surface area (Å²) in [6, 6.07) is 12.0. The monoisotopic (exact) mass is 354 g/mol. The number of aryl methyl sites for hydroxylation is 1. The molecule has 2 aromatic carbocycles. The van der Waals surface area contributed by atoms with Crippen molar-refractivity contribution >= 4 is 17.8 Å². The lowest BCUT2D eigenvalue weighted by Crippen LogP contribution is -2.12. The summed E-state index contributed by atoms with van der Waals surface area (Å²) in [6.07, 6.45) is 4.76. The van der Waals surface area contributed by atoms with Gasteiger partial charge < -0.3 is 14.6 Å². The molecule has 0 aliphatic heterocycles. The molecule has 0 unspecified atom stereocenters. The molecule has 0 spiro atoms. The molecule has 26 heavy (non-hydrogen) atoms. The van der Waals surface area contributed by atoms with Gasteiger partial charge in [0, 0.05) is 11.6 Å². The first kappa shape index (κ1) is 19.2. The largest absolute Gasteiger partial charge is 0.504 e. The Labute approximate surface area is 152 Å². The quantitative estimate of drug-likeness (QED) is 0.443. The van der Waals surface area contributed by atoms with Crippen LogP contribution in [0.3, 0.4) is 0 Å². The fourth-order valence-corrected chi connectivity index (χ4v) is 2.38. The van der Waals surface area contributed by atoms with Crippen molar-refractivity contribution in [3.63, 3.8) is 0 Å². The van der Waals surface area contributed by atoms with E-state index in [1.165, 1.54) is 30.9 Å². The molecule has 0 bridgehead atoms. The Morgan fingerprint density at radius 1 is 1.12 bits per heavy atom. The summed E-state index contributed by atoms with van der Waals surface area (Å²) in [5.74, 6) is -0.543. The van der Waals surface area contributed by atoms with E-state index in [-0.39, 0.29) is 18.1 Å². The van der Waals surface area contributed by atoms with Crippen LogP contribution in [0.2, 0.25) is 0 Å². The summed E-state index contributed by atoms with van der Waals surface area (Å²) in [5, 5.41) is 9.53. The van der Waals surface area contributed by atoms with E-state index in [2.05, 4.69) is 6.92 Å². The average Bonchev–Trinajstić information content (AvgIpc) is 2.66. The Hall–Kier alpha value is -3.08. The van der Waals surface area contributed by atoms with Gasteiger partial charge in [-0.3, -0.25) is 4.79 Å². The topological polar surface area (TPSA) is 72.8 Å². The molecule has 2 aromatic rings. The number of Topliss-reactive ketones (excluding diaryl/α,β-unsaturated/α-hetero) is 1. The second-order valence-electron chi connectivity index (χ2n) is 5.74. The molecule has 5 nitrogen and oxygen atoms in total. The summed E-state index contributed by atoms with van der Waals surface area (Å²) in [7, 11) is 1.44. The summed E-state index contributed by atoms with van der Waals surface area (Å²) in [4.78, 5) is 23.8. The highest BCUT2D eigenvalue weighted by Crippen LogP contribution is 2.26. The lowest BCUT2D eigenvalue weighted by Gasteiger charge is -2.04. The standard InChI is InChI=1S/C21H22O5/c1-3-4-15-5-9-17(10-6-15)19(23)14-26-21(24)12-8-16-7-11-18(22)20(13-16)25-2/h5-13,22H,3-4,14H2,1-2H3/b12-8+. The van der Waals surface area contributed by atoms with Crippen LogP contribution in [0.25, 0.3) is 6.08 Å². The summed E-state index contributed by atoms with van der Waals surface area (Å²) >= 11 is 0. The molecule has 1 N–H and O–H groups in total. The van der Waals surface area contributed by atoms with Gasteiger partial charge in [0.1, 0.15) is 0 Å². The molecule has 0 aliphatic carbocycles. The van der Waals surface area contributed by atoms with Gasteiger partial charge in [-0.05, 0) is 35.8 Å². The maximum Gasteiger partial charge on any atom is 0.331 e. The molecule has 0 saturated carbocycles. The fourth-order valence-electron chi connectivity index (χ4n) is 2.38. The minimum atomic E-state index is -0.618. The van der Waals surface area contributed by atoms with Crippen molar-refractivity contribution in [2.75, 3.05) is 13.7 Å². The van der Waals surface area contributed by atoms with Crippen LogP contribution in [-0.2, 0) is 16.0 Å². The second-order valence-corrected chi connectivity index (χ2v) is 5.74. The Bertz CT molecular complexity index is 791. The van der Waals surface area contributed by atoms with Gasteiger partial charge in [0.2, 0.25) is 0 Å². The maximum atomic E-state index is 12.1. The minimum absolute atomic E-state index is 0.0165. The zero-order valence-electron chi connectivity index (χ0n) is 14.9. The number of phenolic OH excluding ortho intramolecular Hbond substituents is 1. The molecule has 0 amide bonds. The van der Waals surface area contributed by atoms with Crippen molar-refractivity contribution < 1.29 is 24.2 Å². The number of carbonyl (C=O) groups is 2. The van der Waals surface area contributed by atoms with E-state index in [9.17, 15) is 14.7 Å². The molecular formula is C21H22O5. The number of carbonyl (C=O) groups excluding carboxylic acids is 2. The molecule has 0 radical (unpaired) electrons. The first-order chi connectivity index (χ1) is 12.5. The number of methoxy groups -OCH3 is 1. The van der Waals surface area contributed by atoms with Crippen molar-refractivity contribution in [3.8, 4) is 11.5 Å². The Morgan fingerprint density at radius 3 is 2.50 bits per heavy atom. The molecule has 0 aromatic heterocycles. The Balaban J connectivity index is 1.88. The molecule has 0 aliphatic rings. The van der Waals surface area contributed by atoms with Gasteiger partial charge in [-0.1, -0.05) is 43.7 Å². The zero-order valence-corrected chi connectivity index (χ0v) is 14.9. The van der Waals surface area contributed by atoms with Crippen LogP contribution in [0.15, 0.2) is 48.5 Å². The van der Waals surface area contributed by atoms with Gasteiger partial charge in [-0.15, -0.1) is 0 Å². The van der Waals surface area contributed by atoms with Gasteiger partial charge in [0.25, 0.3) is 0 Å². The van der Waals surface area contributed by atoms with E-state index in [0.29, 0.717) is 16.9 Å². The molecule has 0 fully saturated rings. The van der Waals surface area contributed by atoms with Crippen molar-refractivity contribution in [2.24, 2.45) is 0 Å². The van der Waals surface area contributed by atoms with Crippen LogP contribution in [-0.4, -0.2) is 30.6 Å². The molecule has 136 valence electrons. The second kappa shape index (κ2) is 9.42. The smallest absolute Gasteiger partial charge is 0.331 e. The lowest BCUT2D eigenvalue weighted by atomic mass is 10.1. The van der Waals surface area contributed by atoms with E-state index < -0.39 is 5.97 Å². The number of rotatable bonds is 8. The van der Waals surface area contributed by atoms with Crippen molar-refractivity contribution in [1.82, 2.24) is 0 Å². The van der Waals surface area contributed by atoms with Crippen LogP contribution in [0, 0.1) is 0 Å². The molecular weight excluding hydrogens is 332 g/mol. The normalized spacial score (nSPS) is 10.7. The third-order valence-electron chi connectivity index (χ3n) is 3.78. The van der Waals surface area contributed by atoms with E-state index in [1.54, 1.807) is 24.3 Å². The highest BCUT2D eigenvalue weighted by Gasteiger charge is 2.08. The Kier molecular flexibility index (Phi) is 6.97. The number of ketones is 1. The number of phenols is 1. The van der Waals surface area contributed by atoms with Crippen LogP contribution in [0.4, 0.5) is 0 Å². The highest BCUT2D eigenvalue weighted by molar-refractivity contribution is 5.98. The third-order valence-corrected chi connectivity index (χ3v) is 3.78. The minimum Gasteiger partial charge on any atom is -0.504 e. The number of benzene rings is 2. The van der Waals surface area contributed by atoms with E-state index in [1.807, 2.05) is 12.1 Å². The molecule has 0 saturated heterocycles. The number of hydrogen-bond donors (Lipinski definition) is 1. The van der Waals surface area contributed by atoms with Crippen LogP contribution >= 0.6 is 0 Å². The van der Waals surface area contributed by atoms with Gasteiger partial charge in [0.05, 0.1) is 7.11 Å². The first-order valence-corrected chi connectivity index (χ1v) is 8.37. The summed E-state index contributed by atoms with van der Waals surface area (Å²) < 4.78 is 9.98. The molecule has 2 rings (SSSR count). The summed E-state index contributed by atoms with van der Waals surface area (Å²) in [5.41, 5.74) is 2.35. The average molecular weight is 354 g/mol. The fraction of sp³-hybridized carbons (Fsp3) is 0.238. The first-order valence-electron chi connectivity index (χ1n) is 8.37. The van der Waals surface area contributed by atoms with Crippen molar-refractivity contribution in [1.29, 1.82) is 0 Å². The molecule has 5 heteroatoms. The number of esters is 1. The number of ether oxygens (including phenoxy) is 2.